The standard InChI is InChI=1S/C18H15ClF3N3.C10H15N.C2H6/c1-23-16-10-15(12-7-3-5-9-14(12)19)24-17(25-16)11-6-2-4-8-13(11)18(20,21)22;1-3-8-11-10-7-5-4-6-9(10)2;1-2/h2,4-6,8-10H,3,7H2,1H3,(H,23,24,25);4-7,11H,3,8H2,1-2H3;1-2H3. The number of halogens is 4. The van der Waals surface area contributed by atoms with Gasteiger partial charge in [-0.2, -0.15) is 13.2 Å². The molecule has 0 radical (unpaired) electrons. The molecule has 0 bridgehead atoms. The molecule has 1 heterocycles. The highest BCUT2D eigenvalue weighted by Crippen LogP contribution is 2.37. The molecule has 2 aromatic carbocycles. The van der Waals surface area contributed by atoms with Gasteiger partial charge in [-0.1, -0.05) is 74.8 Å². The molecule has 38 heavy (non-hydrogen) atoms. The summed E-state index contributed by atoms with van der Waals surface area (Å²) >= 11 is 6.25. The lowest BCUT2D eigenvalue weighted by Crippen LogP contribution is -2.09. The first kappa shape index (κ1) is 30.9. The van der Waals surface area contributed by atoms with Gasteiger partial charge in [0.2, 0.25) is 0 Å². The van der Waals surface area contributed by atoms with Gasteiger partial charge in [-0.3, -0.25) is 0 Å². The topological polar surface area (TPSA) is 49.8 Å². The molecule has 8 heteroatoms. The Balaban J connectivity index is 0.000000327. The van der Waals surface area contributed by atoms with Crippen LogP contribution in [0.2, 0.25) is 0 Å². The zero-order chi connectivity index (χ0) is 28.1. The third-order valence-corrected chi connectivity index (χ3v) is 5.94. The molecule has 0 atom stereocenters. The van der Waals surface area contributed by atoms with Crippen molar-refractivity contribution in [1.29, 1.82) is 0 Å². The van der Waals surface area contributed by atoms with Crippen LogP contribution in [-0.4, -0.2) is 23.6 Å². The second-order valence-electron chi connectivity index (χ2n) is 8.26. The van der Waals surface area contributed by atoms with Gasteiger partial charge in [0.05, 0.1) is 11.3 Å². The monoisotopic (exact) mass is 544 g/mol. The number of aromatic nitrogens is 2. The predicted octanol–water partition coefficient (Wildman–Crippen LogP) is 9.35. The second kappa shape index (κ2) is 15.2. The average Bonchev–Trinajstić information content (AvgIpc) is 2.93. The van der Waals surface area contributed by atoms with Gasteiger partial charge in [0, 0.05) is 35.9 Å². The summed E-state index contributed by atoms with van der Waals surface area (Å²) in [6, 6.07) is 15.3. The molecule has 0 unspecified atom stereocenters. The van der Waals surface area contributed by atoms with Gasteiger partial charge in [0.25, 0.3) is 0 Å². The fourth-order valence-corrected chi connectivity index (χ4v) is 3.97. The Labute approximate surface area is 229 Å². The van der Waals surface area contributed by atoms with Crippen molar-refractivity contribution in [1.82, 2.24) is 9.97 Å². The number of rotatable bonds is 6. The van der Waals surface area contributed by atoms with Gasteiger partial charge < -0.3 is 10.6 Å². The molecule has 1 aromatic heterocycles. The van der Waals surface area contributed by atoms with Crippen LogP contribution in [-0.2, 0) is 6.18 Å². The Morgan fingerprint density at radius 1 is 1.00 bits per heavy atom. The summed E-state index contributed by atoms with van der Waals surface area (Å²) in [5, 5.41) is 6.78. The van der Waals surface area contributed by atoms with Crippen LogP contribution in [0.4, 0.5) is 24.7 Å². The summed E-state index contributed by atoms with van der Waals surface area (Å²) in [5.41, 5.74) is 3.08. The largest absolute Gasteiger partial charge is 0.417 e. The Hall–Kier alpha value is -3.32. The number of nitrogens with one attached hydrogen (secondary N) is 2. The molecule has 1 aliphatic rings. The van der Waals surface area contributed by atoms with Crippen molar-refractivity contribution in [2.75, 3.05) is 24.2 Å². The van der Waals surface area contributed by atoms with Gasteiger partial charge in [-0.05, 0) is 55.5 Å². The van der Waals surface area contributed by atoms with Gasteiger partial charge >= 0.3 is 6.18 Å². The minimum atomic E-state index is -4.49. The summed E-state index contributed by atoms with van der Waals surface area (Å²) in [5.74, 6) is 0.449. The van der Waals surface area contributed by atoms with E-state index in [0.29, 0.717) is 23.0 Å². The summed E-state index contributed by atoms with van der Waals surface area (Å²) in [4.78, 5) is 8.58. The summed E-state index contributed by atoms with van der Waals surface area (Å²) in [7, 11) is 1.66. The van der Waals surface area contributed by atoms with Gasteiger partial charge in [0.15, 0.2) is 5.82 Å². The van der Waals surface area contributed by atoms with Crippen molar-refractivity contribution in [3.63, 3.8) is 0 Å². The van der Waals surface area contributed by atoms with E-state index in [0.717, 1.165) is 24.6 Å². The molecule has 3 aromatic rings. The Kier molecular flexibility index (Phi) is 12.3. The number of hydrogen-bond donors (Lipinski definition) is 2. The van der Waals surface area contributed by atoms with Crippen molar-refractivity contribution in [3.8, 4) is 11.4 Å². The van der Waals surface area contributed by atoms with Gasteiger partial charge in [0.1, 0.15) is 5.82 Å². The lowest BCUT2D eigenvalue weighted by atomic mass is 10.0. The van der Waals surface area contributed by atoms with E-state index in [2.05, 4.69) is 58.7 Å². The second-order valence-corrected chi connectivity index (χ2v) is 8.67. The SMILES string of the molecule is CC.CCCNc1ccccc1C.CNc1cc(C2=C(Cl)C=CCC2)nc(-c2ccccc2C(F)(F)F)n1. The first-order valence-corrected chi connectivity index (χ1v) is 13.2. The predicted molar refractivity (Wildman–Crippen MR) is 154 cm³/mol. The van der Waals surface area contributed by atoms with Crippen LogP contribution in [0.1, 0.15) is 56.9 Å². The molecule has 0 amide bonds. The van der Waals surface area contributed by atoms with Gasteiger partial charge in [-0.25, -0.2) is 9.97 Å². The third-order valence-electron chi connectivity index (χ3n) is 5.59. The fourth-order valence-electron chi connectivity index (χ4n) is 3.69. The zero-order valence-corrected chi connectivity index (χ0v) is 23.3. The van der Waals surface area contributed by atoms with E-state index in [1.807, 2.05) is 19.9 Å². The van der Waals surface area contributed by atoms with E-state index >= 15 is 0 Å². The number of aryl methyl sites for hydroxylation is 1. The number of allylic oxidation sites excluding steroid dienone is 4. The number of alkyl halides is 3. The lowest BCUT2D eigenvalue weighted by molar-refractivity contribution is -0.137. The number of para-hydroxylation sites is 1. The van der Waals surface area contributed by atoms with E-state index in [9.17, 15) is 13.2 Å². The quantitative estimate of drug-likeness (QED) is 0.324. The van der Waals surface area contributed by atoms with Crippen molar-refractivity contribution >= 4 is 28.7 Å². The van der Waals surface area contributed by atoms with E-state index in [-0.39, 0.29) is 11.4 Å². The maximum atomic E-state index is 13.3. The first-order chi connectivity index (χ1) is 18.2. The summed E-state index contributed by atoms with van der Waals surface area (Å²) < 4.78 is 40.0. The number of benzene rings is 2. The highest BCUT2D eigenvalue weighted by Gasteiger charge is 2.34. The van der Waals surface area contributed by atoms with Crippen molar-refractivity contribution in [3.05, 3.63) is 88.6 Å². The number of anilines is 2. The Morgan fingerprint density at radius 2 is 1.68 bits per heavy atom. The molecule has 2 N–H and O–H groups in total. The zero-order valence-electron chi connectivity index (χ0n) is 22.6. The van der Waals surface area contributed by atoms with E-state index < -0.39 is 11.7 Å². The van der Waals surface area contributed by atoms with Crippen molar-refractivity contribution in [2.45, 2.75) is 53.1 Å². The lowest BCUT2D eigenvalue weighted by Gasteiger charge is -2.16. The molecular formula is C30H36ClF3N4. The van der Waals surface area contributed by atoms with E-state index in [1.165, 1.54) is 35.9 Å². The number of nitrogens with zero attached hydrogens (tertiary/aromatic N) is 2. The van der Waals surface area contributed by atoms with E-state index in [4.69, 9.17) is 11.6 Å². The number of hydrogen-bond acceptors (Lipinski definition) is 4. The first-order valence-electron chi connectivity index (χ1n) is 12.8. The van der Waals surface area contributed by atoms with Crippen molar-refractivity contribution < 1.29 is 13.2 Å². The molecule has 1 aliphatic carbocycles. The van der Waals surface area contributed by atoms with Crippen LogP contribution in [0.15, 0.2) is 71.8 Å². The fraction of sp³-hybridized carbons (Fsp3) is 0.333. The molecule has 0 fully saturated rings. The molecule has 0 saturated carbocycles. The third kappa shape index (κ3) is 8.62. The molecule has 0 spiro atoms. The van der Waals surface area contributed by atoms with Crippen LogP contribution in [0, 0.1) is 6.92 Å². The maximum absolute atomic E-state index is 13.3. The molecule has 4 rings (SSSR count). The molecule has 4 nitrogen and oxygen atoms in total. The van der Waals surface area contributed by atoms with Crippen LogP contribution < -0.4 is 10.6 Å². The van der Waals surface area contributed by atoms with Gasteiger partial charge in [-0.15, -0.1) is 0 Å². The smallest absolute Gasteiger partial charge is 0.385 e. The molecular weight excluding hydrogens is 509 g/mol. The van der Waals surface area contributed by atoms with Crippen LogP contribution in [0.5, 0.6) is 0 Å². The highest BCUT2D eigenvalue weighted by molar-refractivity contribution is 6.34. The normalized spacial score (nSPS) is 12.7. The summed E-state index contributed by atoms with van der Waals surface area (Å²) in [6.45, 7) is 9.36. The van der Waals surface area contributed by atoms with Crippen LogP contribution in [0.25, 0.3) is 17.0 Å². The Morgan fingerprint density at radius 3 is 2.32 bits per heavy atom. The summed E-state index contributed by atoms with van der Waals surface area (Å²) in [6.07, 6.45) is 1.90. The minimum absolute atomic E-state index is 0.0151. The van der Waals surface area contributed by atoms with Crippen molar-refractivity contribution in [2.24, 2.45) is 0 Å². The average molecular weight is 545 g/mol. The minimum Gasteiger partial charge on any atom is -0.385 e. The molecule has 204 valence electrons. The molecule has 0 aliphatic heterocycles. The van der Waals surface area contributed by atoms with Crippen LogP contribution >= 0.6 is 11.6 Å². The molecule has 0 saturated heterocycles. The van der Waals surface area contributed by atoms with E-state index in [1.54, 1.807) is 19.2 Å². The highest BCUT2D eigenvalue weighted by atomic mass is 35.5. The maximum Gasteiger partial charge on any atom is 0.417 e. The van der Waals surface area contributed by atoms with Crippen LogP contribution in [0.3, 0.4) is 0 Å². The Bertz CT molecular complexity index is 1240.